The smallest absolute Gasteiger partial charge is 0.336 e. The van der Waals surface area contributed by atoms with Gasteiger partial charge in [0.25, 0.3) is 0 Å². The predicted molar refractivity (Wildman–Crippen MR) is 71.3 cm³/mol. The molecule has 1 aliphatic heterocycles. The van der Waals surface area contributed by atoms with Crippen molar-refractivity contribution in [1.29, 1.82) is 0 Å². The van der Waals surface area contributed by atoms with Crippen molar-refractivity contribution in [3.63, 3.8) is 0 Å². The maximum Gasteiger partial charge on any atom is 0.336 e. The van der Waals surface area contributed by atoms with Crippen molar-refractivity contribution < 1.29 is 14.3 Å². The molecule has 2 aromatic carbocycles. The Bertz CT molecular complexity index is 667. The van der Waals surface area contributed by atoms with Gasteiger partial charge in [-0.25, -0.2) is 9.18 Å². The fourth-order valence-electron chi connectivity index (χ4n) is 2.33. The summed E-state index contributed by atoms with van der Waals surface area (Å²) in [4.78, 5) is 13.0. The van der Waals surface area contributed by atoms with E-state index in [9.17, 15) is 14.3 Å². The van der Waals surface area contributed by atoms with Crippen LogP contribution in [0.4, 0.5) is 4.39 Å². The minimum Gasteiger partial charge on any atom is -0.478 e. The van der Waals surface area contributed by atoms with Crippen LogP contribution in [0.2, 0.25) is 0 Å². The van der Waals surface area contributed by atoms with Crippen LogP contribution in [0, 0.1) is 5.82 Å². The summed E-state index contributed by atoms with van der Waals surface area (Å²) < 4.78 is 13.3. The average molecular weight is 274 g/mol. The molecule has 1 N–H and O–H groups in total. The lowest BCUT2D eigenvalue weighted by Gasteiger charge is -2.08. The van der Waals surface area contributed by atoms with Crippen LogP contribution in [0.15, 0.2) is 46.2 Å². The summed E-state index contributed by atoms with van der Waals surface area (Å²) in [7, 11) is 0. The summed E-state index contributed by atoms with van der Waals surface area (Å²) in [5.74, 6) is -1.17. The van der Waals surface area contributed by atoms with Gasteiger partial charge in [-0.1, -0.05) is 23.9 Å². The number of hydrogen-bond acceptors (Lipinski definition) is 2. The van der Waals surface area contributed by atoms with Gasteiger partial charge in [-0.2, -0.15) is 0 Å². The minimum absolute atomic E-state index is 0.260. The number of benzene rings is 2. The Morgan fingerprint density at radius 3 is 2.79 bits per heavy atom. The quantitative estimate of drug-likeness (QED) is 0.860. The van der Waals surface area contributed by atoms with Gasteiger partial charge in [-0.3, -0.25) is 0 Å². The molecule has 0 atom stereocenters. The van der Waals surface area contributed by atoms with Gasteiger partial charge in [-0.15, -0.1) is 0 Å². The fraction of sp³-hybridized carbons (Fsp3) is 0.133. The van der Waals surface area contributed by atoms with Gasteiger partial charge in [0.05, 0.1) is 5.56 Å². The van der Waals surface area contributed by atoms with Gasteiger partial charge in [0.2, 0.25) is 0 Å². The molecule has 96 valence electrons. The minimum atomic E-state index is -0.908. The molecule has 2 nitrogen and oxygen atoms in total. The fourth-order valence-corrected chi connectivity index (χ4v) is 3.52. The van der Waals surface area contributed by atoms with E-state index in [1.807, 2.05) is 6.07 Å². The lowest BCUT2D eigenvalue weighted by Crippen LogP contribution is -2.04. The first-order valence-electron chi connectivity index (χ1n) is 5.96. The molecule has 0 fully saturated rings. The molecule has 19 heavy (non-hydrogen) atoms. The monoisotopic (exact) mass is 274 g/mol. The summed E-state index contributed by atoms with van der Waals surface area (Å²) in [6.45, 7) is 0. The van der Waals surface area contributed by atoms with E-state index >= 15 is 0 Å². The van der Waals surface area contributed by atoms with Crippen LogP contribution in [-0.2, 0) is 12.8 Å². The first-order chi connectivity index (χ1) is 9.15. The molecular formula is C15H11FO2S. The normalized spacial score (nSPS) is 13.3. The van der Waals surface area contributed by atoms with Gasteiger partial charge in [-0.05, 0) is 48.2 Å². The van der Waals surface area contributed by atoms with Crippen LogP contribution in [0.5, 0.6) is 0 Å². The molecule has 0 aliphatic carbocycles. The van der Waals surface area contributed by atoms with Crippen LogP contribution in [0.1, 0.15) is 21.5 Å². The van der Waals surface area contributed by atoms with Gasteiger partial charge in [0.15, 0.2) is 0 Å². The number of fused-ring (bicyclic) bond motifs is 2. The van der Waals surface area contributed by atoms with Crippen molar-refractivity contribution in [2.75, 3.05) is 0 Å². The van der Waals surface area contributed by atoms with E-state index in [1.165, 1.54) is 23.9 Å². The van der Waals surface area contributed by atoms with E-state index in [2.05, 4.69) is 0 Å². The summed E-state index contributed by atoms with van der Waals surface area (Å²) in [5, 5.41) is 9.22. The molecular weight excluding hydrogens is 263 g/mol. The van der Waals surface area contributed by atoms with Crippen LogP contribution in [0.25, 0.3) is 0 Å². The molecule has 3 rings (SSSR count). The number of carboxylic acids is 1. The molecule has 0 amide bonds. The molecule has 0 saturated heterocycles. The Morgan fingerprint density at radius 2 is 2.00 bits per heavy atom. The SMILES string of the molecule is O=C(O)c1cccc2c1CCc1ccc(F)cc1S2. The Kier molecular flexibility index (Phi) is 3.03. The van der Waals surface area contributed by atoms with Crippen LogP contribution < -0.4 is 0 Å². The van der Waals surface area contributed by atoms with Crippen LogP contribution >= 0.6 is 11.8 Å². The second-order valence-electron chi connectivity index (χ2n) is 4.44. The third-order valence-corrected chi connectivity index (χ3v) is 4.46. The molecule has 1 aliphatic rings. The van der Waals surface area contributed by atoms with Crippen molar-refractivity contribution in [3.8, 4) is 0 Å². The number of aryl methyl sites for hydroxylation is 1. The Morgan fingerprint density at radius 1 is 1.16 bits per heavy atom. The molecule has 0 radical (unpaired) electrons. The first kappa shape index (κ1) is 12.2. The van der Waals surface area contributed by atoms with E-state index in [0.29, 0.717) is 12.0 Å². The number of aromatic carboxylic acids is 1. The average Bonchev–Trinajstić information content (AvgIpc) is 2.56. The van der Waals surface area contributed by atoms with E-state index in [1.54, 1.807) is 18.2 Å². The molecule has 0 saturated carbocycles. The topological polar surface area (TPSA) is 37.3 Å². The zero-order valence-electron chi connectivity index (χ0n) is 10.0. The summed E-state index contributed by atoms with van der Waals surface area (Å²) >= 11 is 1.45. The van der Waals surface area contributed by atoms with E-state index in [-0.39, 0.29) is 5.82 Å². The van der Waals surface area contributed by atoms with E-state index < -0.39 is 5.97 Å². The van der Waals surface area contributed by atoms with Gasteiger partial charge in [0, 0.05) is 9.79 Å². The number of rotatable bonds is 1. The van der Waals surface area contributed by atoms with Crippen LogP contribution in [-0.4, -0.2) is 11.1 Å². The Labute approximate surface area is 114 Å². The Balaban J connectivity index is 2.11. The van der Waals surface area contributed by atoms with E-state index in [4.69, 9.17) is 0 Å². The first-order valence-corrected chi connectivity index (χ1v) is 6.78. The third-order valence-electron chi connectivity index (χ3n) is 3.26. The second-order valence-corrected chi connectivity index (χ2v) is 5.53. The molecule has 2 aromatic rings. The van der Waals surface area contributed by atoms with Crippen molar-refractivity contribution >= 4 is 17.7 Å². The second kappa shape index (κ2) is 4.70. The highest BCUT2D eigenvalue weighted by molar-refractivity contribution is 7.99. The van der Waals surface area contributed by atoms with Crippen LogP contribution in [0.3, 0.4) is 0 Å². The largest absolute Gasteiger partial charge is 0.478 e. The highest BCUT2D eigenvalue weighted by Gasteiger charge is 2.19. The molecule has 0 unspecified atom stereocenters. The zero-order chi connectivity index (χ0) is 13.4. The maximum absolute atomic E-state index is 13.3. The number of hydrogen-bond donors (Lipinski definition) is 1. The third kappa shape index (κ3) is 2.24. The summed E-state index contributed by atoms with van der Waals surface area (Å²) in [6.07, 6.45) is 1.41. The number of carbonyl (C=O) groups is 1. The predicted octanol–water partition coefficient (Wildman–Crippen LogP) is 3.77. The lowest BCUT2D eigenvalue weighted by atomic mass is 10.00. The lowest BCUT2D eigenvalue weighted by molar-refractivity contribution is 0.0695. The Hall–Kier alpha value is -1.81. The van der Waals surface area contributed by atoms with Gasteiger partial charge >= 0.3 is 5.97 Å². The zero-order valence-corrected chi connectivity index (χ0v) is 10.8. The van der Waals surface area contributed by atoms with Crippen molar-refractivity contribution in [2.24, 2.45) is 0 Å². The highest BCUT2D eigenvalue weighted by Crippen LogP contribution is 2.38. The molecule has 0 bridgehead atoms. The molecule has 4 heteroatoms. The van der Waals surface area contributed by atoms with Crippen molar-refractivity contribution in [3.05, 3.63) is 58.9 Å². The van der Waals surface area contributed by atoms with E-state index in [0.717, 1.165) is 27.3 Å². The molecule has 0 aromatic heterocycles. The highest BCUT2D eigenvalue weighted by atomic mass is 32.2. The number of halogens is 1. The molecule has 1 heterocycles. The number of carboxylic acid groups (broad SMARTS) is 1. The maximum atomic E-state index is 13.3. The summed E-state index contributed by atoms with van der Waals surface area (Å²) in [5.41, 5.74) is 2.26. The standard InChI is InChI=1S/C15H11FO2S/c16-10-6-4-9-5-7-11-12(15(17)18)2-1-3-13(11)19-14(9)8-10/h1-4,6,8H,5,7H2,(H,17,18). The summed E-state index contributed by atoms with van der Waals surface area (Å²) in [6, 6.07) is 10.0. The van der Waals surface area contributed by atoms with Crippen molar-refractivity contribution in [2.45, 2.75) is 22.6 Å². The van der Waals surface area contributed by atoms with Gasteiger partial charge < -0.3 is 5.11 Å². The molecule has 0 spiro atoms. The van der Waals surface area contributed by atoms with Crippen molar-refractivity contribution in [1.82, 2.24) is 0 Å². The van der Waals surface area contributed by atoms with Gasteiger partial charge in [0.1, 0.15) is 5.82 Å².